The van der Waals surface area contributed by atoms with E-state index in [1.54, 1.807) is 25.1 Å². The van der Waals surface area contributed by atoms with E-state index in [1.807, 2.05) is 0 Å². The summed E-state index contributed by atoms with van der Waals surface area (Å²) >= 11 is 0. The SMILES string of the molecule is CCOC(=O)c1cnn(-c2ccccc2S(N)(=O)=O)c1C1CC1. The van der Waals surface area contributed by atoms with Crippen molar-refractivity contribution in [1.29, 1.82) is 0 Å². The molecule has 1 fully saturated rings. The molecule has 0 atom stereocenters. The lowest BCUT2D eigenvalue weighted by molar-refractivity contribution is 0.0525. The van der Waals surface area contributed by atoms with E-state index in [4.69, 9.17) is 9.88 Å². The normalized spacial score (nSPS) is 14.7. The van der Waals surface area contributed by atoms with Crippen molar-refractivity contribution >= 4 is 16.0 Å². The number of sulfonamides is 1. The van der Waals surface area contributed by atoms with Gasteiger partial charge in [0.05, 0.1) is 24.2 Å². The third-order valence-corrected chi connectivity index (χ3v) is 4.62. The first-order valence-corrected chi connectivity index (χ1v) is 8.85. The number of rotatable bonds is 5. The van der Waals surface area contributed by atoms with Gasteiger partial charge in [0.25, 0.3) is 0 Å². The van der Waals surface area contributed by atoms with Gasteiger partial charge in [-0.3, -0.25) is 0 Å². The predicted molar refractivity (Wildman–Crippen MR) is 82.9 cm³/mol. The number of carbonyl (C=O) groups excluding carboxylic acids is 1. The Morgan fingerprint density at radius 2 is 2.09 bits per heavy atom. The zero-order valence-electron chi connectivity index (χ0n) is 12.6. The average molecular weight is 335 g/mol. The van der Waals surface area contributed by atoms with Crippen molar-refractivity contribution in [1.82, 2.24) is 9.78 Å². The predicted octanol–water partition coefficient (Wildman–Crippen LogP) is 1.57. The van der Waals surface area contributed by atoms with E-state index in [1.165, 1.54) is 16.9 Å². The van der Waals surface area contributed by atoms with Crippen molar-refractivity contribution in [3.05, 3.63) is 41.7 Å². The Kier molecular flexibility index (Phi) is 3.95. The van der Waals surface area contributed by atoms with Crippen molar-refractivity contribution in [2.24, 2.45) is 5.14 Å². The van der Waals surface area contributed by atoms with E-state index in [-0.39, 0.29) is 17.4 Å². The summed E-state index contributed by atoms with van der Waals surface area (Å²) in [6.45, 7) is 2.00. The van der Waals surface area contributed by atoms with Crippen LogP contribution in [0.5, 0.6) is 0 Å². The van der Waals surface area contributed by atoms with E-state index >= 15 is 0 Å². The van der Waals surface area contributed by atoms with Crippen LogP contribution in [-0.4, -0.2) is 30.8 Å². The molecular formula is C15H17N3O4S. The number of ether oxygens (including phenoxy) is 1. The Morgan fingerprint density at radius 3 is 2.70 bits per heavy atom. The number of carbonyl (C=O) groups is 1. The minimum atomic E-state index is -3.90. The number of aromatic nitrogens is 2. The van der Waals surface area contributed by atoms with Crippen LogP contribution < -0.4 is 5.14 Å². The molecule has 0 bridgehead atoms. The minimum absolute atomic E-state index is 0.0274. The molecule has 2 N–H and O–H groups in total. The summed E-state index contributed by atoms with van der Waals surface area (Å²) in [7, 11) is -3.90. The number of nitrogens with two attached hydrogens (primary N) is 1. The fraction of sp³-hybridized carbons (Fsp3) is 0.333. The maximum Gasteiger partial charge on any atom is 0.341 e. The summed E-state index contributed by atoms with van der Waals surface area (Å²) < 4.78 is 30.2. The highest BCUT2D eigenvalue weighted by molar-refractivity contribution is 7.89. The van der Waals surface area contributed by atoms with Gasteiger partial charge in [-0.2, -0.15) is 5.10 Å². The van der Waals surface area contributed by atoms with Crippen molar-refractivity contribution in [2.75, 3.05) is 6.61 Å². The highest BCUT2D eigenvalue weighted by atomic mass is 32.2. The summed E-state index contributed by atoms with van der Waals surface area (Å²) in [5, 5.41) is 9.51. The Hall–Kier alpha value is -2.19. The highest BCUT2D eigenvalue weighted by Crippen LogP contribution is 2.43. The van der Waals surface area contributed by atoms with Crippen molar-refractivity contribution in [3.8, 4) is 5.69 Å². The van der Waals surface area contributed by atoms with Crippen LogP contribution in [0.3, 0.4) is 0 Å². The van der Waals surface area contributed by atoms with Crippen LogP contribution in [-0.2, 0) is 14.8 Å². The van der Waals surface area contributed by atoms with Gasteiger partial charge in [-0.25, -0.2) is 23.0 Å². The summed E-state index contributed by atoms with van der Waals surface area (Å²) in [5.74, 6) is -0.279. The third-order valence-electron chi connectivity index (χ3n) is 3.67. The fourth-order valence-corrected chi connectivity index (χ4v) is 3.25. The topological polar surface area (TPSA) is 104 Å². The summed E-state index contributed by atoms with van der Waals surface area (Å²) in [6, 6.07) is 6.34. The summed E-state index contributed by atoms with van der Waals surface area (Å²) in [6.07, 6.45) is 3.27. The first-order valence-electron chi connectivity index (χ1n) is 7.30. The molecular weight excluding hydrogens is 318 g/mol. The molecule has 8 heteroatoms. The maximum absolute atomic E-state index is 12.1. The van der Waals surface area contributed by atoms with E-state index in [0.29, 0.717) is 16.9 Å². The molecule has 0 amide bonds. The van der Waals surface area contributed by atoms with E-state index in [2.05, 4.69) is 5.10 Å². The average Bonchev–Trinajstić information content (AvgIpc) is 3.25. The van der Waals surface area contributed by atoms with Crippen LogP contribution >= 0.6 is 0 Å². The lowest BCUT2D eigenvalue weighted by Gasteiger charge is -2.12. The monoisotopic (exact) mass is 335 g/mol. The van der Waals surface area contributed by atoms with Gasteiger partial charge in [0.15, 0.2) is 0 Å². The number of nitrogens with zero attached hydrogens (tertiary/aromatic N) is 2. The third kappa shape index (κ3) is 2.99. The lowest BCUT2D eigenvalue weighted by Crippen LogP contribution is -2.17. The number of hydrogen-bond acceptors (Lipinski definition) is 5. The standard InChI is InChI=1S/C15H17N3O4S/c1-2-22-15(19)11-9-17-18(14(11)10-7-8-10)12-5-3-4-6-13(12)23(16,20)21/h3-6,9-10H,2,7-8H2,1H3,(H2,16,20,21). The zero-order valence-corrected chi connectivity index (χ0v) is 13.4. The number of hydrogen-bond donors (Lipinski definition) is 1. The molecule has 0 radical (unpaired) electrons. The highest BCUT2D eigenvalue weighted by Gasteiger charge is 2.34. The Morgan fingerprint density at radius 1 is 1.39 bits per heavy atom. The maximum atomic E-state index is 12.1. The molecule has 1 aliphatic rings. The van der Waals surface area contributed by atoms with Crippen molar-refractivity contribution < 1.29 is 17.9 Å². The first-order chi connectivity index (χ1) is 10.9. The second-order valence-corrected chi connectivity index (χ2v) is 6.89. The van der Waals surface area contributed by atoms with Gasteiger partial charge in [0.2, 0.25) is 10.0 Å². The molecule has 1 saturated carbocycles. The van der Waals surface area contributed by atoms with Crippen LogP contribution in [0.2, 0.25) is 0 Å². The number of primary sulfonamides is 1. The zero-order chi connectivity index (χ0) is 16.6. The van der Waals surface area contributed by atoms with Crippen LogP contribution in [0, 0.1) is 0 Å². The van der Waals surface area contributed by atoms with Crippen LogP contribution in [0.15, 0.2) is 35.4 Å². The molecule has 0 saturated heterocycles. The van der Waals surface area contributed by atoms with Gasteiger partial charge >= 0.3 is 5.97 Å². The Balaban J connectivity index is 2.17. The molecule has 7 nitrogen and oxygen atoms in total. The largest absolute Gasteiger partial charge is 0.462 e. The molecule has 1 heterocycles. The number of esters is 1. The van der Waals surface area contributed by atoms with E-state index < -0.39 is 16.0 Å². The molecule has 0 aliphatic heterocycles. The molecule has 0 spiro atoms. The summed E-state index contributed by atoms with van der Waals surface area (Å²) in [5.41, 5.74) is 1.39. The van der Waals surface area contributed by atoms with Crippen molar-refractivity contribution in [3.63, 3.8) is 0 Å². The Labute approximate surface area is 134 Å². The molecule has 0 unspecified atom stereocenters. The smallest absolute Gasteiger partial charge is 0.341 e. The Bertz CT molecular complexity index is 853. The van der Waals surface area contributed by atoms with Gasteiger partial charge in [0, 0.05) is 5.92 Å². The first kappa shape index (κ1) is 15.7. The molecule has 3 rings (SSSR count). The molecule has 122 valence electrons. The minimum Gasteiger partial charge on any atom is -0.462 e. The van der Waals surface area contributed by atoms with Gasteiger partial charge in [0.1, 0.15) is 10.5 Å². The molecule has 1 aromatic heterocycles. The van der Waals surface area contributed by atoms with Crippen LogP contribution in [0.4, 0.5) is 0 Å². The van der Waals surface area contributed by atoms with Gasteiger partial charge in [-0.05, 0) is 31.9 Å². The molecule has 1 aliphatic carbocycles. The lowest BCUT2D eigenvalue weighted by atomic mass is 10.1. The fourth-order valence-electron chi connectivity index (χ4n) is 2.54. The molecule has 1 aromatic carbocycles. The number of para-hydroxylation sites is 1. The summed E-state index contributed by atoms with van der Waals surface area (Å²) in [4.78, 5) is 12.1. The van der Waals surface area contributed by atoms with Crippen LogP contribution in [0.25, 0.3) is 5.69 Å². The van der Waals surface area contributed by atoms with Crippen molar-refractivity contribution in [2.45, 2.75) is 30.6 Å². The second kappa shape index (κ2) is 5.78. The number of benzene rings is 1. The van der Waals surface area contributed by atoms with Crippen LogP contribution in [0.1, 0.15) is 41.7 Å². The molecule has 2 aromatic rings. The quantitative estimate of drug-likeness (QED) is 0.835. The second-order valence-electron chi connectivity index (χ2n) is 5.36. The molecule has 23 heavy (non-hydrogen) atoms. The van der Waals surface area contributed by atoms with E-state index in [0.717, 1.165) is 12.8 Å². The van der Waals surface area contributed by atoms with Gasteiger partial charge in [-0.1, -0.05) is 12.1 Å². The van der Waals surface area contributed by atoms with Gasteiger partial charge in [-0.15, -0.1) is 0 Å². The van der Waals surface area contributed by atoms with E-state index in [9.17, 15) is 13.2 Å². The van der Waals surface area contributed by atoms with Gasteiger partial charge < -0.3 is 4.74 Å².